The van der Waals surface area contributed by atoms with Gasteiger partial charge in [0.2, 0.25) is 0 Å². The van der Waals surface area contributed by atoms with Gasteiger partial charge in [0.1, 0.15) is 0 Å². The van der Waals surface area contributed by atoms with Crippen LogP contribution in [0, 0.1) is 5.92 Å². The Balaban J connectivity index is 1.71. The highest BCUT2D eigenvalue weighted by atomic mass is 15.2. The number of nitrogens with two attached hydrogens (primary N) is 1. The first-order valence-corrected chi connectivity index (χ1v) is 6.89. The summed E-state index contributed by atoms with van der Waals surface area (Å²) in [5, 5.41) is 0. The monoisotopic (exact) mass is 230 g/mol. The average Bonchev–Trinajstić information content (AvgIpc) is 3.18. The largest absolute Gasteiger partial charge is 0.329 e. The van der Waals surface area contributed by atoms with Crippen LogP contribution in [0.15, 0.2) is 24.3 Å². The molecule has 2 N–H and O–H groups in total. The van der Waals surface area contributed by atoms with Crippen LogP contribution < -0.4 is 5.73 Å². The van der Waals surface area contributed by atoms with Crippen molar-refractivity contribution >= 4 is 0 Å². The molecule has 3 rings (SSSR count). The van der Waals surface area contributed by atoms with Gasteiger partial charge in [0.05, 0.1) is 0 Å². The quantitative estimate of drug-likeness (QED) is 0.858. The molecule has 0 saturated heterocycles. The van der Waals surface area contributed by atoms with Crippen LogP contribution in [0.5, 0.6) is 0 Å². The fraction of sp³-hybridized carbons (Fsp3) is 0.600. The van der Waals surface area contributed by atoms with E-state index < -0.39 is 0 Å². The molecule has 0 aromatic heterocycles. The molecule has 1 fully saturated rings. The van der Waals surface area contributed by atoms with E-state index >= 15 is 0 Å². The van der Waals surface area contributed by atoms with Crippen LogP contribution in [0.25, 0.3) is 0 Å². The highest BCUT2D eigenvalue weighted by Gasteiger charge is 2.34. The fourth-order valence-corrected chi connectivity index (χ4v) is 3.14. The van der Waals surface area contributed by atoms with Crippen molar-refractivity contribution in [3.05, 3.63) is 35.4 Å². The molecule has 1 unspecified atom stereocenters. The standard InChI is InChI=1S/C15H22N2/c16-11-15(14-5-6-14)17-9-7-12-3-1-2-4-13(12)8-10-17/h1-4,14-15H,5-11,16H2. The zero-order chi connectivity index (χ0) is 11.7. The third kappa shape index (κ3) is 2.38. The van der Waals surface area contributed by atoms with Crippen LogP contribution in [0.1, 0.15) is 24.0 Å². The van der Waals surface area contributed by atoms with Gasteiger partial charge in [-0.25, -0.2) is 0 Å². The van der Waals surface area contributed by atoms with Crippen molar-refractivity contribution in [3.8, 4) is 0 Å². The van der Waals surface area contributed by atoms with Crippen LogP contribution in [0.3, 0.4) is 0 Å². The number of hydrogen-bond donors (Lipinski definition) is 1. The Morgan fingerprint density at radius 1 is 1.12 bits per heavy atom. The van der Waals surface area contributed by atoms with Crippen LogP contribution in [0.4, 0.5) is 0 Å². The van der Waals surface area contributed by atoms with E-state index in [1.54, 1.807) is 11.1 Å². The molecule has 0 spiro atoms. The highest BCUT2D eigenvalue weighted by molar-refractivity contribution is 5.28. The minimum Gasteiger partial charge on any atom is -0.329 e. The summed E-state index contributed by atoms with van der Waals surface area (Å²) >= 11 is 0. The molecule has 1 aromatic carbocycles. The second kappa shape index (κ2) is 4.79. The van der Waals surface area contributed by atoms with Crippen molar-refractivity contribution in [3.63, 3.8) is 0 Å². The zero-order valence-electron chi connectivity index (χ0n) is 10.4. The summed E-state index contributed by atoms with van der Waals surface area (Å²) in [6.07, 6.45) is 5.18. The third-order valence-electron chi connectivity index (χ3n) is 4.33. The van der Waals surface area contributed by atoms with Crippen LogP contribution in [-0.4, -0.2) is 30.6 Å². The molecule has 2 aliphatic rings. The molecule has 0 radical (unpaired) electrons. The van der Waals surface area contributed by atoms with E-state index in [-0.39, 0.29) is 0 Å². The summed E-state index contributed by atoms with van der Waals surface area (Å²) < 4.78 is 0. The summed E-state index contributed by atoms with van der Waals surface area (Å²) in [5.41, 5.74) is 9.05. The SMILES string of the molecule is NCC(C1CC1)N1CCc2ccccc2CC1. The van der Waals surface area contributed by atoms with Crippen molar-refractivity contribution in [1.29, 1.82) is 0 Å². The van der Waals surface area contributed by atoms with E-state index in [1.165, 1.54) is 38.8 Å². The Kier molecular flexibility index (Phi) is 3.17. The van der Waals surface area contributed by atoms with Gasteiger partial charge >= 0.3 is 0 Å². The lowest BCUT2D eigenvalue weighted by Gasteiger charge is -2.29. The second-order valence-electron chi connectivity index (χ2n) is 5.45. The molecule has 1 heterocycles. The molecule has 1 aromatic rings. The van der Waals surface area contributed by atoms with Gasteiger partial charge in [0, 0.05) is 25.7 Å². The summed E-state index contributed by atoms with van der Waals surface area (Å²) in [7, 11) is 0. The van der Waals surface area contributed by atoms with Crippen LogP contribution in [0.2, 0.25) is 0 Å². The lowest BCUT2D eigenvalue weighted by molar-refractivity contribution is 0.189. The van der Waals surface area contributed by atoms with Gasteiger partial charge in [0.15, 0.2) is 0 Å². The van der Waals surface area contributed by atoms with Gasteiger partial charge in [-0.1, -0.05) is 24.3 Å². The molecule has 1 saturated carbocycles. The lowest BCUT2D eigenvalue weighted by Crippen LogP contribution is -2.43. The highest BCUT2D eigenvalue weighted by Crippen LogP contribution is 2.35. The summed E-state index contributed by atoms with van der Waals surface area (Å²) in [5.74, 6) is 0.890. The number of benzene rings is 1. The van der Waals surface area contributed by atoms with E-state index in [2.05, 4.69) is 29.2 Å². The molecule has 0 bridgehead atoms. The molecule has 2 nitrogen and oxygen atoms in total. The molecule has 92 valence electrons. The van der Waals surface area contributed by atoms with Crippen molar-refractivity contribution < 1.29 is 0 Å². The first-order valence-electron chi connectivity index (χ1n) is 6.89. The van der Waals surface area contributed by atoms with Gasteiger partial charge in [-0.15, -0.1) is 0 Å². The van der Waals surface area contributed by atoms with Gasteiger partial charge in [-0.05, 0) is 42.7 Å². The fourth-order valence-electron chi connectivity index (χ4n) is 3.14. The van der Waals surface area contributed by atoms with Crippen molar-refractivity contribution in [2.45, 2.75) is 31.7 Å². The average molecular weight is 230 g/mol. The minimum absolute atomic E-state index is 0.643. The Morgan fingerprint density at radius 2 is 1.71 bits per heavy atom. The van der Waals surface area contributed by atoms with E-state index in [0.717, 1.165) is 12.5 Å². The number of fused-ring (bicyclic) bond motifs is 1. The summed E-state index contributed by atoms with van der Waals surface area (Å²) in [6, 6.07) is 9.54. The van der Waals surface area contributed by atoms with Crippen LogP contribution in [-0.2, 0) is 12.8 Å². The predicted octanol–water partition coefficient (Wildman–Crippen LogP) is 1.82. The van der Waals surface area contributed by atoms with Gasteiger partial charge in [0.25, 0.3) is 0 Å². The van der Waals surface area contributed by atoms with E-state index in [9.17, 15) is 0 Å². The molecule has 1 aliphatic carbocycles. The van der Waals surface area contributed by atoms with Gasteiger partial charge in [-0.3, -0.25) is 4.90 Å². The van der Waals surface area contributed by atoms with E-state index in [1.807, 2.05) is 0 Å². The molecular weight excluding hydrogens is 208 g/mol. The topological polar surface area (TPSA) is 29.3 Å². The predicted molar refractivity (Wildman–Crippen MR) is 71.0 cm³/mol. The molecule has 17 heavy (non-hydrogen) atoms. The van der Waals surface area contributed by atoms with E-state index in [4.69, 9.17) is 5.73 Å². The smallest absolute Gasteiger partial charge is 0.0246 e. The number of rotatable bonds is 3. The first kappa shape index (κ1) is 11.2. The summed E-state index contributed by atoms with van der Waals surface area (Å²) in [4.78, 5) is 2.64. The second-order valence-corrected chi connectivity index (χ2v) is 5.45. The number of nitrogens with zero attached hydrogens (tertiary/aromatic N) is 1. The zero-order valence-corrected chi connectivity index (χ0v) is 10.4. The molecular formula is C15H22N2. The Bertz CT molecular complexity index is 357. The Labute approximate surface area is 104 Å². The Hall–Kier alpha value is -0.860. The molecule has 1 atom stereocenters. The van der Waals surface area contributed by atoms with Crippen LogP contribution >= 0.6 is 0 Å². The minimum atomic E-state index is 0.643. The molecule has 1 aliphatic heterocycles. The maximum Gasteiger partial charge on any atom is 0.0246 e. The van der Waals surface area contributed by atoms with Crippen molar-refractivity contribution in [2.24, 2.45) is 11.7 Å². The maximum atomic E-state index is 5.96. The van der Waals surface area contributed by atoms with E-state index in [0.29, 0.717) is 6.04 Å². The van der Waals surface area contributed by atoms with Crippen molar-refractivity contribution in [1.82, 2.24) is 4.90 Å². The molecule has 2 heteroatoms. The normalized spacial score (nSPS) is 22.9. The third-order valence-corrected chi connectivity index (χ3v) is 4.33. The van der Waals surface area contributed by atoms with Crippen molar-refractivity contribution in [2.75, 3.05) is 19.6 Å². The maximum absolute atomic E-state index is 5.96. The first-order chi connectivity index (χ1) is 8.38. The number of hydrogen-bond acceptors (Lipinski definition) is 2. The lowest BCUT2D eigenvalue weighted by atomic mass is 10.0. The molecule has 0 amide bonds. The summed E-state index contributed by atoms with van der Waals surface area (Å²) in [6.45, 7) is 3.21. The van der Waals surface area contributed by atoms with Gasteiger partial charge in [-0.2, -0.15) is 0 Å². The Morgan fingerprint density at radius 3 is 2.18 bits per heavy atom. The van der Waals surface area contributed by atoms with Gasteiger partial charge < -0.3 is 5.73 Å².